The van der Waals surface area contributed by atoms with Gasteiger partial charge in [-0.3, -0.25) is 9.58 Å². The molecule has 1 aliphatic heterocycles. The minimum absolute atomic E-state index is 0.112. The summed E-state index contributed by atoms with van der Waals surface area (Å²) in [6, 6.07) is 19.8. The minimum Gasteiger partial charge on any atom is -0.406 e. The van der Waals surface area contributed by atoms with Gasteiger partial charge in [-0.05, 0) is 67.4 Å². The zero-order chi connectivity index (χ0) is 27.0. The first-order valence-electron chi connectivity index (χ1n) is 12.5. The average molecular weight is 538 g/mol. The first kappa shape index (κ1) is 25.1. The third kappa shape index (κ3) is 5.49. The summed E-state index contributed by atoms with van der Waals surface area (Å²) in [6.07, 6.45) is -2.82. The van der Waals surface area contributed by atoms with E-state index in [1.807, 2.05) is 41.1 Å². The molecule has 6 rings (SSSR count). The average Bonchev–Trinajstić information content (AvgIpc) is 3.55. The molecule has 0 bridgehead atoms. The van der Waals surface area contributed by atoms with Gasteiger partial charge in [-0.15, -0.1) is 13.2 Å². The molecule has 7 nitrogen and oxygen atoms in total. The standard InChI is InChI=1S/C28H23F4N5O2/c29-20-11-7-18(8-12-20)16-36-15-3-4-21(17-36)37-24-6-2-1-5-23(24)25(34-37)27-33-26(35-39-27)19-9-13-22(14-10-19)38-28(30,31)32/h1-2,5-14,21H,3-4,15-17H2. The van der Waals surface area contributed by atoms with Crippen molar-refractivity contribution in [3.05, 3.63) is 84.2 Å². The van der Waals surface area contributed by atoms with Crippen molar-refractivity contribution in [1.82, 2.24) is 24.8 Å². The van der Waals surface area contributed by atoms with Crippen LogP contribution in [0.15, 0.2) is 77.3 Å². The van der Waals surface area contributed by atoms with E-state index in [-0.39, 0.29) is 29.3 Å². The summed E-state index contributed by atoms with van der Waals surface area (Å²) in [4.78, 5) is 6.83. The number of rotatable bonds is 6. The number of halogens is 4. The summed E-state index contributed by atoms with van der Waals surface area (Å²) < 4.78 is 62.2. The van der Waals surface area contributed by atoms with Crippen molar-refractivity contribution in [2.24, 2.45) is 0 Å². The summed E-state index contributed by atoms with van der Waals surface area (Å²) >= 11 is 0. The van der Waals surface area contributed by atoms with Gasteiger partial charge in [0.2, 0.25) is 5.82 Å². The highest BCUT2D eigenvalue weighted by Crippen LogP contribution is 2.33. The van der Waals surface area contributed by atoms with E-state index in [4.69, 9.17) is 9.62 Å². The van der Waals surface area contributed by atoms with Gasteiger partial charge in [-0.1, -0.05) is 35.5 Å². The van der Waals surface area contributed by atoms with Crippen LogP contribution >= 0.6 is 0 Å². The number of nitrogens with zero attached hydrogens (tertiary/aromatic N) is 5. The second-order valence-corrected chi connectivity index (χ2v) is 9.46. The van der Waals surface area contributed by atoms with Crippen molar-refractivity contribution >= 4 is 10.9 Å². The molecule has 39 heavy (non-hydrogen) atoms. The van der Waals surface area contributed by atoms with Crippen LogP contribution in [0.25, 0.3) is 33.9 Å². The van der Waals surface area contributed by atoms with Gasteiger partial charge in [-0.25, -0.2) is 4.39 Å². The number of alkyl halides is 3. The Balaban J connectivity index is 1.26. The maximum absolute atomic E-state index is 13.3. The Morgan fingerprint density at radius 1 is 0.974 bits per heavy atom. The molecule has 1 atom stereocenters. The predicted molar refractivity (Wildman–Crippen MR) is 135 cm³/mol. The number of aromatic nitrogens is 4. The molecule has 3 aromatic carbocycles. The van der Waals surface area contributed by atoms with Crippen LogP contribution in [0.5, 0.6) is 5.75 Å². The van der Waals surface area contributed by atoms with Crippen LogP contribution < -0.4 is 4.74 Å². The molecule has 1 saturated heterocycles. The fourth-order valence-corrected chi connectivity index (χ4v) is 4.99. The van der Waals surface area contributed by atoms with E-state index in [0.717, 1.165) is 48.9 Å². The third-order valence-electron chi connectivity index (χ3n) is 6.73. The molecule has 11 heteroatoms. The van der Waals surface area contributed by atoms with Crippen LogP contribution in [0.3, 0.4) is 0 Å². The Bertz CT molecular complexity index is 1580. The zero-order valence-electron chi connectivity index (χ0n) is 20.6. The van der Waals surface area contributed by atoms with Gasteiger partial charge in [0.1, 0.15) is 11.6 Å². The number of fused-ring (bicyclic) bond motifs is 1. The SMILES string of the molecule is Fc1ccc(CN2CCCC(n3nc(-c4nc(-c5ccc(OC(F)(F)F)cc5)no4)c4ccccc43)C2)cc1. The van der Waals surface area contributed by atoms with E-state index >= 15 is 0 Å². The van der Waals surface area contributed by atoms with E-state index in [9.17, 15) is 17.6 Å². The Kier molecular flexibility index (Phi) is 6.51. The van der Waals surface area contributed by atoms with Gasteiger partial charge in [-0.2, -0.15) is 10.1 Å². The van der Waals surface area contributed by atoms with Crippen molar-refractivity contribution < 1.29 is 26.8 Å². The molecule has 5 aromatic rings. The number of hydrogen-bond acceptors (Lipinski definition) is 6. The molecule has 1 unspecified atom stereocenters. The first-order chi connectivity index (χ1) is 18.8. The van der Waals surface area contributed by atoms with E-state index in [1.165, 1.54) is 36.4 Å². The summed E-state index contributed by atoms with van der Waals surface area (Å²) in [5.74, 6) is -0.136. The fraction of sp³-hybridized carbons (Fsp3) is 0.250. The Labute approximate surface area is 220 Å². The molecule has 0 amide bonds. The molecule has 0 radical (unpaired) electrons. The largest absolute Gasteiger partial charge is 0.573 e. The van der Waals surface area contributed by atoms with Gasteiger partial charge in [0.15, 0.2) is 5.69 Å². The number of likely N-dealkylation sites (tertiary alicyclic amines) is 1. The second kappa shape index (κ2) is 10.1. The minimum atomic E-state index is -4.77. The van der Waals surface area contributed by atoms with Crippen LogP contribution in [0.2, 0.25) is 0 Å². The van der Waals surface area contributed by atoms with E-state index < -0.39 is 6.36 Å². The van der Waals surface area contributed by atoms with Crippen molar-refractivity contribution in [2.45, 2.75) is 31.8 Å². The van der Waals surface area contributed by atoms with Gasteiger partial charge >= 0.3 is 6.36 Å². The van der Waals surface area contributed by atoms with Gasteiger partial charge in [0, 0.05) is 24.0 Å². The molecule has 0 saturated carbocycles. The number of piperidine rings is 1. The van der Waals surface area contributed by atoms with Gasteiger partial charge in [0.05, 0.1) is 11.6 Å². The smallest absolute Gasteiger partial charge is 0.406 e. The van der Waals surface area contributed by atoms with Crippen molar-refractivity contribution in [3.63, 3.8) is 0 Å². The predicted octanol–water partition coefficient (Wildman–Crippen LogP) is 6.63. The maximum atomic E-state index is 13.3. The topological polar surface area (TPSA) is 69.2 Å². The molecule has 2 aromatic heterocycles. The Hall–Kier alpha value is -4.25. The lowest BCUT2D eigenvalue weighted by atomic mass is 10.0. The lowest BCUT2D eigenvalue weighted by molar-refractivity contribution is -0.274. The summed E-state index contributed by atoms with van der Waals surface area (Å²) in [7, 11) is 0. The highest BCUT2D eigenvalue weighted by molar-refractivity contribution is 5.91. The lowest BCUT2D eigenvalue weighted by Gasteiger charge is -2.33. The molecule has 0 N–H and O–H groups in total. The molecule has 3 heterocycles. The highest BCUT2D eigenvalue weighted by atomic mass is 19.4. The van der Waals surface area contributed by atoms with Gasteiger partial charge in [0.25, 0.3) is 5.89 Å². The molecule has 1 fully saturated rings. The van der Waals surface area contributed by atoms with Crippen molar-refractivity contribution in [2.75, 3.05) is 13.1 Å². The maximum Gasteiger partial charge on any atom is 0.573 e. The third-order valence-corrected chi connectivity index (χ3v) is 6.73. The van der Waals surface area contributed by atoms with Crippen molar-refractivity contribution in [3.8, 4) is 28.7 Å². The normalized spacial score (nSPS) is 16.6. The lowest BCUT2D eigenvalue weighted by Crippen LogP contribution is -2.36. The molecule has 200 valence electrons. The fourth-order valence-electron chi connectivity index (χ4n) is 4.99. The van der Waals surface area contributed by atoms with Crippen LogP contribution in [0.4, 0.5) is 17.6 Å². The second-order valence-electron chi connectivity index (χ2n) is 9.46. The Morgan fingerprint density at radius 2 is 1.74 bits per heavy atom. The molecular weight excluding hydrogens is 514 g/mol. The zero-order valence-corrected chi connectivity index (χ0v) is 20.6. The van der Waals surface area contributed by atoms with Crippen LogP contribution in [0.1, 0.15) is 24.4 Å². The monoisotopic (exact) mass is 537 g/mol. The van der Waals surface area contributed by atoms with Crippen LogP contribution in [0, 0.1) is 5.82 Å². The van der Waals surface area contributed by atoms with Crippen LogP contribution in [-0.2, 0) is 6.54 Å². The number of ether oxygens (including phenoxy) is 1. The van der Waals surface area contributed by atoms with Crippen LogP contribution in [-0.4, -0.2) is 44.3 Å². The summed E-state index contributed by atoms with van der Waals surface area (Å²) in [5, 5.41) is 9.78. The summed E-state index contributed by atoms with van der Waals surface area (Å²) in [5.41, 5.74) is 3.01. The number of hydrogen-bond donors (Lipinski definition) is 0. The van der Waals surface area contributed by atoms with E-state index in [1.54, 1.807) is 0 Å². The highest BCUT2D eigenvalue weighted by Gasteiger charge is 2.31. The molecule has 1 aliphatic rings. The molecular formula is C28H23F4N5O2. The molecule has 0 spiro atoms. The van der Waals surface area contributed by atoms with Crippen molar-refractivity contribution in [1.29, 1.82) is 0 Å². The van der Waals surface area contributed by atoms with Gasteiger partial charge < -0.3 is 9.26 Å². The number of para-hydroxylation sites is 1. The first-order valence-corrected chi connectivity index (χ1v) is 12.5. The molecule has 0 aliphatic carbocycles. The Morgan fingerprint density at radius 3 is 2.51 bits per heavy atom. The summed E-state index contributed by atoms with van der Waals surface area (Å²) in [6.45, 7) is 2.45. The van der Waals surface area contributed by atoms with E-state index in [2.05, 4.69) is 19.8 Å². The van der Waals surface area contributed by atoms with E-state index in [0.29, 0.717) is 11.3 Å². The quantitative estimate of drug-likeness (QED) is 0.227. The number of benzene rings is 3.